The van der Waals surface area contributed by atoms with Crippen LogP contribution in [0.4, 0.5) is 0 Å². The van der Waals surface area contributed by atoms with Crippen molar-refractivity contribution in [2.45, 2.75) is 32.1 Å². The summed E-state index contributed by atoms with van der Waals surface area (Å²) < 4.78 is 0. The monoisotopic (exact) mass is 192 g/mol. The Morgan fingerprint density at radius 3 is 2.07 bits per heavy atom. The average molecular weight is 192 g/mol. The number of phenolic OH excluding ortho intramolecular Hbond substituents is 1. The summed E-state index contributed by atoms with van der Waals surface area (Å²) in [5, 5.41) is 18.9. The highest BCUT2D eigenvalue weighted by Crippen LogP contribution is 2.48. The number of hydrogen-bond acceptors (Lipinski definition) is 2. The molecule has 1 aliphatic rings. The topological polar surface area (TPSA) is 40.5 Å². The van der Waals surface area contributed by atoms with E-state index >= 15 is 0 Å². The van der Waals surface area contributed by atoms with Gasteiger partial charge >= 0.3 is 0 Å². The highest BCUT2D eigenvalue weighted by Gasteiger charge is 2.43. The highest BCUT2D eigenvalue weighted by atomic mass is 16.3. The van der Waals surface area contributed by atoms with Gasteiger partial charge in [0.25, 0.3) is 0 Å². The third-order valence-electron chi connectivity index (χ3n) is 3.26. The quantitative estimate of drug-likeness (QED) is 0.752. The first-order valence-corrected chi connectivity index (χ1v) is 5.01. The van der Waals surface area contributed by atoms with E-state index in [1.54, 1.807) is 0 Å². The maximum Gasteiger partial charge on any atom is 0.121 e. The molecule has 0 spiro atoms. The van der Waals surface area contributed by atoms with E-state index in [0.29, 0.717) is 5.75 Å². The van der Waals surface area contributed by atoms with Gasteiger partial charge in [0.1, 0.15) is 5.75 Å². The summed E-state index contributed by atoms with van der Waals surface area (Å²) in [7, 11) is 0. The van der Waals surface area contributed by atoms with Gasteiger partial charge in [0.15, 0.2) is 0 Å². The third kappa shape index (κ3) is 1.30. The second-order valence-corrected chi connectivity index (χ2v) is 4.40. The largest absolute Gasteiger partial charge is 0.507 e. The second kappa shape index (κ2) is 2.99. The molecule has 0 atom stereocenters. The first-order chi connectivity index (χ1) is 6.59. The zero-order valence-electron chi connectivity index (χ0n) is 8.67. The van der Waals surface area contributed by atoms with E-state index in [1.807, 2.05) is 26.0 Å². The maximum absolute atomic E-state index is 9.63. The number of aliphatic hydroxyl groups excluding tert-OH is 1. The first-order valence-electron chi connectivity index (χ1n) is 5.01. The van der Waals surface area contributed by atoms with E-state index in [0.717, 1.165) is 24.0 Å². The Hall–Kier alpha value is -1.02. The lowest BCUT2D eigenvalue weighted by Crippen LogP contribution is -2.12. The van der Waals surface area contributed by atoms with Gasteiger partial charge in [-0.25, -0.2) is 0 Å². The number of rotatable bonds is 2. The normalized spacial score (nSPS) is 18.2. The fourth-order valence-corrected chi connectivity index (χ4v) is 1.95. The molecule has 14 heavy (non-hydrogen) atoms. The summed E-state index contributed by atoms with van der Waals surface area (Å²) in [6.45, 7) is 4.02. The van der Waals surface area contributed by atoms with E-state index in [1.165, 1.54) is 5.56 Å². The molecule has 0 radical (unpaired) electrons. The lowest BCUT2D eigenvalue weighted by Gasteiger charge is -2.15. The van der Waals surface area contributed by atoms with Crippen molar-refractivity contribution in [2.24, 2.45) is 0 Å². The average Bonchev–Trinajstić information content (AvgIpc) is 2.94. The minimum atomic E-state index is 0.00319. The molecule has 1 fully saturated rings. The van der Waals surface area contributed by atoms with Crippen LogP contribution < -0.4 is 0 Å². The van der Waals surface area contributed by atoms with Gasteiger partial charge in [-0.1, -0.05) is 12.1 Å². The molecule has 0 saturated heterocycles. The molecule has 0 unspecified atom stereocenters. The minimum Gasteiger partial charge on any atom is -0.507 e. The zero-order valence-corrected chi connectivity index (χ0v) is 8.67. The molecule has 76 valence electrons. The van der Waals surface area contributed by atoms with Crippen LogP contribution >= 0.6 is 0 Å². The van der Waals surface area contributed by atoms with Gasteiger partial charge in [0.2, 0.25) is 0 Å². The molecule has 0 bridgehead atoms. The maximum atomic E-state index is 9.63. The molecule has 2 heteroatoms. The van der Waals surface area contributed by atoms with Crippen LogP contribution in [0.5, 0.6) is 5.75 Å². The standard InChI is InChI=1S/C12H16O2/c1-8-5-10(6-9(2)11(8)14)12(7-13)3-4-12/h5-6,13-14H,3-4,7H2,1-2H3. The van der Waals surface area contributed by atoms with E-state index in [4.69, 9.17) is 0 Å². The molecule has 0 aliphatic heterocycles. The number of benzene rings is 1. The Balaban J connectivity index is 2.46. The van der Waals surface area contributed by atoms with Crippen molar-refractivity contribution >= 4 is 0 Å². The number of hydrogen-bond donors (Lipinski definition) is 2. The van der Waals surface area contributed by atoms with E-state index < -0.39 is 0 Å². The number of phenols is 1. The van der Waals surface area contributed by atoms with Crippen molar-refractivity contribution in [1.29, 1.82) is 0 Å². The van der Waals surface area contributed by atoms with Gasteiger partial charge in [-0.05, 0) is 43.4 Å². The van der Waals surface area contributed by atoms with Gasteiger partial charge in [-0.2, -0.15) is 0 Å². The predicted molar refractivity (Wildman–Crippen MR) is 55.6 cm³/mol. The van der Waals surface area contributed by atoms with Crippen molar-refractivity contribution in [2.75, 3.05) is 6.61 Å². The molecule has 1 aromatic rings. The Bertz CT molecular complexity index is 342. The number of aliphatic hydroxyl groups is 1. The first kappa shape index (κ1) is 9.53. The van der Waals surface area contributed by atoms with Crippen LogP contribution in [0.15, 0.2) is 12.1 Å². The molecular formula is C12H16O2. The smallest absolute Gasteiger partial charge is 0.121 e. The lowest BCUT2D eigenvalue weighted by molar-refractivity contribution is 0.255. The predicted octanol–water partition coefficient (Wildman–Crippen LogP) is 2.03. The molecule has 1 aliphatic carbocycles. The van der Waals surface area contributed by atoms with Crippen LogP contribution in [-0.4, -0.2) is 16.8 Å². The van der Waals surface area contributed by atoms with E-state index in [-0.39, 0.29) is 12.0 Å². The molecule has 0 amide bonds. The molecule has 2 rings (SSSR count). The van der Waals surface area contributed by atoms with Gasteiger partial charge in [0.05, 0.1) is 6.61 Å². The fourth-order valence-electron chi connectivity index (χ4n) is 1.95. The van der Waals surface area contributed by atoms with Crippen molar-refractivity contribution in [3.8, 4) is 5.75 Å². The van der Waals surface area contributed by atoms with Crippen molar-refractivity contribution in [3.63, 3.8) is 0 Å². The number of aryl methyl sites for hydroxylation is 2. The Morgan fingerprint density at radius 1 is 1.21 bits per heavy atom. The Kier molecular flexibility index (Phi) is 2.04. The molecule has 1 saturated carbocycles. The van der Waals surface area contributed by atoms with Crippen LogP contribution in [-0.2, 0) is 5.41 Å². The molecule has 2 N–H and O–H groups in total. The molecule has 1 aromatic carbocycles. The fraction of sp³-hybridized carbons (Fsp3) is 0.500. The van der Waals surface area contributed by atoms with E-state index in [2.05, 4.69) is 0 Å². The second-order valence-electron chi connectivity index (χ2n) is 4.40. The highest BCUT2D eigenvalue weighted by molar-refractivity contribution is 5.46. The summed E-state index contributed by atoms with van der Waals surface area (Å²) in [4.78, 5) is 0. The van der Waals surface area contributed by atoms with Crippen molar-refractivity contribution in [1.82, 2.24) is 0 Å². The molecular weight excluding hydrogens is 176 g/mol. The van der Waals surface area contributed by atoms with Crippen LogP contribution in [0.2, 0.25) is 0 Å². The Labute approximate surface area is 84.2 Å². The molecule has 0 aromatic heterocycles. The lowest BCUT2D eigenvalue weighted by atomic mass is 9.93. The van der Waals surface area contributed by atoms with Crippen LogP contribution in [0.3, 0.4) is 0 Å². The summed E-state index contributed by atoms with van der Waals surface area (Å²) >= 11 is 0. The summed E-state index contributed by atoms with van der Waals surface area (Å²) in [6.07, 6.45) is 2.13. The molecule has 2 nitrogen and oxygen atoms in total. The third-order valence-corrected chi connectivity index (χ3v) is 3.26. The minimum absolute atomic E-state index is 0.00319. The van der Waals surface area contributed by atoms with Crippen molar-refractivity contribution < 1.29 is 10.2 Å². The van der Waals surface area contributed by atoms with Crippen LogP contribution in [0.25, 0.3) is 0 Å². The summed E-state index contributed by atoms with van der Waals surface area (Å²) in [6, 6.07) is 3.98. The van der Waals surface area contributed by atoms with Gasteiger partial charge in [-0.15, -0.1) is 0 Å². The summed E-state index contributed by atoms with van der Waals surface area (Å²) in [5.74, 6) is 0.377. The molecule has 0 heterocycles. The van der Waals surface area contributed by atoms with Crippen molar-refractivity contribution in [3.05, 3.63) is 28.8 Å². The summed E-state index contributed by atoms with van der Waals surface area (Å²) in [5.41, 5.74) is 2.98. The SMILES string of the molecule is Cc1cc(C2(CO)CC2)cc(C)c1O. The van der Waals surface area contributed by atoms with Gasteiger partial charge in [-0.3, -0.25) is 0 Å². The van der Waals surface area contributed by atoms with Crippen LogP contribution in [0, 0.1) is 13.8 Å². The number of aromatic hydroxyl groups is 1. The van der Waals surface area contributed by atoms with Gasteiger partial charge in [0, 0.05) is 5.41 Å². The zero-order chi connectivity index (χ0) is 10.3. The van der Waals surface area contributed by atoms with E-state index in [9.17, 15) is 10.2 Å². The van der Waals surface area contributed by atoms with Gasteiger partial charge < -0.3 is 10.2 Å². The Morgan fingerprint density at radius 2 is 1.71 bits per heavy atom. The van der Waals surface area contributed by atoms with Crippen LogP contribution in [0.1, 0.15) is 29.5 Å².